The first-order valence-electron chi connectivity index (χ1n) is 25.9. The van der Waals surface area contributed by atoms with Crippen molar-refractivity contribution in [3.05, 3.63) is 214 Å². The second-order valence-corrected chi connectivity index (χ2v) is 19.5. The third-order valence-electron chi connectivity index (χ3n) is 14.0. The van der Waals surface area contributed by atoms with Crippen molar-refractivity contribution in [2.45, 2.75) is 74.5 Å². The van der Waals surface area contributed by atoms with Crippen molar-refractivity contribution in [2.75, 3.05) is 28.4 Å². The van der Waals surface area contributed by atoms with Gasteiger partial charge in [0.15, 0.2) is 0 Å². The van der Waals surface area contributed by atoms with Crippen molar-refractivity contribution in [3.63, 3.8) is 0 Å². The van der Waals surface area contributed by atoms with E-state index in [1.165, 1.54) is 6.07 Å². The van der Waals surface area contributed by atoms with E-state index in [9.17, 15) is 40.9 Å². The lowest BCUT2D eigenvalue weighted by molar-refractivity contribution is 0.0205. The number of rotatable bonds is 8. The highest BCUT2D eigenvalue weighted by Crippen LogP contribution is 2.42. The van der Waals surface area contributed by atoms with Crippen LogP contribution in [-0.2, 0) is 25.7 Å². The minimum atomic E-state index is -0.682. The third kappa shape index (κ3) is 13.4. The molecule has 0 saturated heterocycles. The maximum Gasteiger partial charge on any atom is 0.150 e. The molecule has 0 spiro atoms. The van der Waals surface area contributed by atoms with Crippen LogP contribution in [0.2, 0.25) is 0 Å². The summed E-state index contributed by atoms with van der Waals surface area (Å²) in [5.74, 6) is 6.17. The summed E-state index contributed by atoms with van der Waals surface area (Å²) in [6.45, 7) is 0. The Hall–Kier alpha value is -8.80. The van der Waals surface area contributed by atoms with Gasteiger partial charge in [-0.05, 0) is 117 Å². The van der Waals surface area contributed by atoms with E-state index in [-0.39, 0.29) is 23.0 Å². The number of hydrogen-bond donors (Lipinski definition) is 8. The zero-order valence-electron chi connectivity index (χ0n) is 44.5. The predicted octanol–water partition coefficient (Wildman–Crippen LogP) is 9.75. The van der Waals surface area contributed by atoms with Gasteiger partial charge in [-0.1, -0.05) is 72.8 Å². The van der Waals surface area contributed by atoms with Crippen molar-refractivity contribution in [2.24, 2.45) is 0 Å². The van der Waals surface area contributed by atoms with Crippen molar-refractivity contribution in [3.8, 4) is 69.0 Å². The summed E-state index contributed by atoms with van der Waals surface area (Å²) < 4.78 is 44.3. The molecule has 0 fully saturated rings. The molecule has 80 heavy (non-hydrogen) atoms. The Bertz CT molecular complexity index is 3380. The Morgan fingerprint density at radius 1 is 0.300 bits per heavy atom. The number of hydrogen-bond acceptors (Lipinski definition) is 16. The molecule has 12 rings (SSSR count). The normalized spacial score (nSPS) is 20.9. The lowest BCUT2D eigenvalue weighted by Gasteiger charge is -2.31. The molecule has 0 saturated carbocycles. The van der Waals surface area contributed by atoms with Gasteiger partial charge in [-0.2, -0.15) is 0 Å². The zero-order chi connectivity index (χ0) is 56.5. The molecule has 0 unspecified atom stereocenters. The molecule has 8 atom stereocenters. The maximum absolute atomic E-state index is 10.4. The summed E-state index contributed by atoms with van der Waals surface area (Å²) in [4.78, 5) is 0. The molecule has 0 radical (unpaired) electrons. The van der Waals surface area contributed by atoms with Crippen LogP contribution in [0.4, 0.5) is 0 Å². The van der Waals surface area contributed by atoms with Gasteiger partial charge >= 0.3 is 0 Å². The Labute approximate surface area is 463 Å². The second kappa shape index (κ2) is 25.3. The molecule has 0 bridgehead atoms. The molecule has 8 aromatic carbocycles. The highest BCUT2D eigenvalue weighted by Gasteiger charge is 2.34. The zero-order valence-corrected chi connectivity index (χ0v) is 44.5. The minimum absolute atomic E-state index is 0.129. The van der Waals surface area contributed by atoms with Crippen LogP contribution >= 0.6 is 0 Å². The number of fused-ring (bicyclic) bond motifs is 4. The molecule has 4 aliphatic heterocycles. The van der Waals surface area contributed by atoms with E-state index in [2.05, 4.69) is 0 Å². The Balaban J connectivity index is 0.000000129. The molecular formula is C64H64O16. The fraction of sp³-hybridized carbons (Fsp3) is 0.250. The van der Waals surface area contributed by atoms with Gasteiger partial charge in [-0.15, -0.1) is 0 Å². The van der Waals surface area contributed by atoms with Gasteiger partial charge in [0.25, 0.3) is 0 Å². The number of phenols is 4. The Kier molecular flexibility index (Phi) is 17.7. The lowest BCUT2D eigenvalue weighted by Crippen LogP contribution is -2.30. The summed E-state index contributed by atoms with van der Waals surface area (Å²) in [6.07, 6.45) is -2.40. The molecule has 8 N–H and O–H groups in total. The summed E-state index contributed by atoms with van der Waals surface area (Å²) >= 11 is 0. The number of aromatic hydroxyl groups is 4. The van der Waals surface area contributed by atoms with Gasteiger partial charge in [0.2, 0.25) is 0 Å². The summed E-state index contributed by atoms with van der Waals surface area (Å²) in [5.41, 5.74) is 6.92. The first kappa shape index (κ1) is 55.9. The number of aliphatic hydroxyl groups excluding tert-OH is 4. The van der Waals surface area contributed by atoms with Crippen LogP contribution < -0.4 is 37.9 Å². The van der Waals surface area contributed by atoms with Crippen LogP contribution in [0.1, 0.15) is 68.9 Å². The molecule has 16 nitrogen and oxygen atoms in total. The largest absolute Gasteiger partial charge is 0.508 e. The van der Waals surface area contributed by atoms with Crippen molar-refractivity contribution in [1.82, 2.24) is 0 Å². The van der Waals surface area contributed by atoms with E-state index in [1.54, 1.807) is 101 Å². The Morgan fingerprint density at radius 2 is 0.562 bits per heavy atom. The highest BCUT2D eigenvalue weighted by molar-refractivity contribution is 5.48. The summed E-state index contributed by atoms with van der Waals surface area (Å²) in [5, 5.41) is 79.1. The van der Waals surface area contributed by atoms with Crippen LogP contribution in [0.15, 0.2) is 170 Å². The molecule has 0 aliphatic carbocycles. The molecule has 0 aromatic heterocycles. The van der Waals surface area contributed by atoms with Crippen LogP contribution in [0.5, 0.6) is 69.0 Å². The van der Waals surface area contributed by atoms with E-state index in [0.717, 1.165) is 67.7 Å². The van der Waals surface area contributed by atoms with E-state index in [1.807, 2.05) is 91.0 Å². The summed E-state index contributed by atoms with van der Waals surface area (Å²) in [7, 11) is 6.45. The SMILES string of the molecule is COc1ccc2c(c1)O[C@H](c1cccc(O)c1)[C@H](O)C2.COc1cccc([C@H]2Oc3cc(O)ccc3C[C@H]2O)c1.COc1cccc([C@H]2Oc3cc(OC)ccc3C[C@H]2O)c1.Oc1cccc([C@H]2Oc3cc(O)ccc3C[C@H]2O)c1. The van der Waals surface area contributed by atoms with Gasteiger partial charge in [0.05, 0.1) is 52.9 Å². The summed E-state index contributed by atoms with van der Waals surface area (Å²) in [6, 6.07) is 49.5. The monoisotopic (exact) mass is 1090 g/mol. The number of aliphatic hydroxyl groups is 4. The van der Waals surface area contributed by atoms with Crippen molar-refractivity contribution >= 4 is 0 Å². The fourth-order valence-corrected chi connectivity index (χ4v) is 9.92. The second-order valence-electron chi connectivity index (χ2n) is 19.5. The molecule has 4 aliphatic rings. The van der Waals surface area contributed by atoms with Crippen molar-refractivity contribution in [1.29, 1.82) is 0 Å². The number of ether oxygens (including phenoxy) is 8. The third-order valence-corrected chi connectivity index (χ3v) is 14.0. The minimum Gasteiger partial charge on any atom is -0.508 e. The van der Waals surface area contributed by atoms with E-state index in [0.29, 0.717) is 48.5 Å². The Morgan fingerprint density at radius 3 is 0.875 bits per heavy atom. The topological polar surface area (TPSA) is 236 Å². The van der Waals surface area contributed by atoms with Gasteiger partial charge in [0.1, 0.15) is 93.4 Å². The quantitative estimate of drug-likeness (QED) is 0.0707. The van der Waals surface area contributed by atoms with E-state index < -0.39 is 48.8 Å². The molecule has 0 amide bonds. The number of benzene rings is 8. The van der Waals surface area contributed by atoms with Gasteiger partial charge < -0.3 is 78.7 Å². The standard InChI is InChI=1S/C17H18O4.2C16H16O4.C15H14O4/c1-19-13-5-3-4-12(8-13)17-15(18)9-11-6-7-14(20-2)10-16(11)21-17;1-19-13-4-2-3-11(7-13)16-14(18)8-10-5-6-12(17)9-15(10)20-16;1-19-13-6-5-10-8-14(18)16(20-15(10)9-13)11-3-2-4-12(17)7-11;16-11-3-1-2-10(6-11)15-13(18)7-9-4-5-12(17)8-14(9)19-15/h3-8,10,15,17-18H,9H2,1-2H3;2*2-7,9,14,16-18H,8H2,1H3;1-6,8,13,15-18H,7H2/t15-,17-;2*14-,16-;13-,15-/m1111/s1. The van der Waals surface area contributed by atoms with Crippen LogP contribution in [0, 0.1) is 0 Å². The smallest absolute Gasteiger partial charge is 0.150 e. The molecule has 4 heterocycles. The lowest BCUT2D eigenvalue weighted by atomic mass is 9.94. The molecule has 16 heteroatoms. The maximum atomic E-state index is 10.4. The molecule has 8 aromatic rings. The average molecular weight is 1090 g/mol. The van der Waals surface area contributed by atoms with Crippen LogP contribution in [0.3, 0.4) is 0 Å². The van der Waals surface area contributed by atoms with Gasteiger partial charge in [-0.25, -0.2) is 0 Å². The first-order valence-corrected chi connectivity index (χ1v) is 25.9. The highest BCUT2D eigenvalue weighted by atomic mass is 16.5. The van der Waals surface area contributed by atoms with Crippen molar-refractivity contribution < 1.29 is 78.7 Å². The molecule has 416 valence electrons. The van der Waals surface area contributed by atoms with Gasteiger partial charge in [0, 0.05) is 49.9 Å². The number of methoxy groups -OCH3 is 4. The average Bonchev–Trinajstić information content (AvgIpc) is 3.47. The van der Waals surface area contributed by atoms with Gasteiger partial charge in [-0.3, -0.25) is 0 Å². The number of phenolic OH excluding ortho intramolecular Hbond substituents is 4. The molecular weight excluding hydrogens is 1020 g/mol. The first-order chi connectivity index (χ1) is 38.7. The predicted molar refractivity (Wildman–Crippen MR) is 297 cm³/mol. The van der Waals surface area contributed by atoms with E-state index >= 15 is 0 Å². The van der Waals surface area contributed by atoms with E-state index in [4.69, 9.17) is 37.9 Å². The van der Waals surface area contributed by atoms with Crippen LogP contribution in [-0.4, -0.2) is 93.7 Å². The fourth-order valence-electron chi connectivity index (χ4n) is 9.92. The van der Waals surface area contributed by atoms with Crippen LogP contribution in [0.25, 0.3) is 0 Å².